The average molecular weight is 318 g/mol. The highest BCUT2D eigenvalue weighted by Gasteiger charge is 2.33. The molecule has 1 aliphatic carbocycles. The minimum Gasteiger partial charge on any atom is -0.481 e. The van der Waals surface area contributed by atoms with Crippen LogP contribution in [0.3, 0.4) is 0 Å². The Morgan fingerprint density at radius 1 is 1.10 bits per heavy atom. The molecule has 2 amide bonds. The molecule has 0 radical (unpaired) electrons. The maximum Gasteiger partial charge on any atom is 0.315 e. The highest BCUT2D eigenvalue weighted by molar-refractivity contribution is 7.92. The Labute approximate surface area is 124 Å². The van der Waals surface area contributed by atoms with Crippen molar-refractivity contribution in [3.63, 3.8) is 0 Å². The minimum absolute atomic E-state index is 0.0959. The summed E-state index contributed by atoms with van der Waals surface area (Å²) in [4.78, 5) is 23.0. The van der Waals surface area contributed by atoms with Crippen LogP contribution in [0, 0.1) is 5.92 Å². The number of carboxylic acid groups (broad SMARTS) is 1. The maximum absolute atomic E-state index is 11.8. The molecular formula is C13H22N2O5S. The van der Waals surface area contributed by atoms with E-state index < -0.39 is 33.0 Å². The fourth-order valence-corrected chi connectivity index (χ4v) is 4.88. The van der Waals surface area contributed by atoms with Crippen LogP contribution < -0.4 is 10.6 Å². The molecule has 1 aliphatic heterocycles. The van der Waals surface area contributed by atoms with Crippen LogP contribution in [0.2, 0.25) is 0 Å². The largest absolute Gasteiger partial charge is 0.481 e. The zero-order valence-corrected chi connectivity index (χ0v) is 12.7. The normalized spacial score (nSPS) is 31.5. The van der Waals surface area contributed by atoms with Crippen LogP contribution in [0.25, 0.3) is 0 Å². The molecule has 120 valence electrons. The van der Waals surface area contributed by atoms with Gasteiger partial charge >= 0.3 is 12.0 Å². The zero-order valence-electron chi connectivity index (χ0n) is 11.9. The Morgan fingerprint density at radius 2 is 1.81 bits per heavy atom. The van der Waals surface area contributed by atoms with Crippen molar-refractivity contribution in [3.05, 3.63) is 0 Å². The number of hydrogen-bond donors (Lipinski definition) is 3. The molecule has 3 atom stereocenters. The summed E-state index contributed by atoms with van der Waals surface area (Å²) in [6.45, 7) is 0.0959. The summed E-state index contributed by atoms with van der Waals surface area (Å²) in [6.07, 6.45) is 4.18. The molecule has 3 N–H and O–H groups in total. The third kappa shape index (κ3) is 4.09. The smallest absolute Gasteiger partial charge is 0.315 e. The van der Waals surface area contributed by atoms with Crippen LogP contribution in [0.5, 0.6) is 0 Å². The molecule has 1 heterocycles. The summed E-state index contributed by atoms with van der Waals surface area (Å²) in [7, 11) is -3.08. The van der Waals surface area contributed by atoms with E-state index in [-0.39, 0.29) is 18.3 Å². The highest BCUT2D eigenvalue weighted by atomic mass is 32.2. The Bertz CT molecular complexity index is 505. The van der Waals surface area contributed by atoms with Crippen molar-refractivity contribution in [2.24, 2.45) is 5.92 Å². The van der Waals surface area contributed by atoms with Gasteiger partial charge in [-0.05, 0) is 25.7 Å². The van der Waals surface area contributed by atoms with Gasteiger partial charge in [-0.2, -0.15) is 0 Å². The summed E-state index contributed by atoms with van der Waals surface area (Å²) < 4.78 is 23.3. The predicted molar refractivity (Wildman–Crippen MR) is 76.7 cm³/mol. The lowest BCUT2D eigenvalue weighted by Gasteiger charge is -2.29. The van der Waals surface area contributed by atoms with Crippen molar-refractivity contribution in [1.82, 2.24) is 10.6 Å². The number of amides is 2. The van der Waals surface area contributed by atoms with E-state index in [9.17, 15) is 18.0 Å². The summed E-state index contributed by atoms with van der Waals surface area (Å²) in [5.41, 5.74) is 0. The summed E-state index contributed by atoms with van der Waals surface area (Å²) in [5, 5.41) is 13.9. The Balaban J connectivity index is 1.82. The molecule has 2 rings (SSSR count). The van der Waals surface area contributed by atoms with Crippen LogP contribution in [0.4, 0.5) is 4.79 Å². The van der Waals surface area contributed by atoms with E-state index in [1.165, 1.54) is 0 Å². The van der Waals surface area contributed by atoms with Gasteiger partial charge in [0.15, 0.2) is 9.84 Å². The topological polar surface area (TPSA) is 113 Å². The van der Waals surface area contributed by atoms with Gasteiger partial charge in [0.2, 0.25) is 0 Å². The van der Waals surface area contributed by atoms with Gasteiger partial charge in [0.05, 0.1) is 16.9 Å². The molecule has 1 saturated carbocycles. The fourth-order valence-electron chi connectivity index (χ4n) is 3.11. The van der Waals surface area contributed by atoms with Crippen molar-refractivity contribution in [1.29, 1.82) is 0 Å². The van der Waals surface area contributed by atoms with Crippen molar-refractivity contribution in [3.8, 4) is 0 Å². The minimum atomic E-state index is -3.08. The van der Waals surface area contributed by atoms with Crippen molar-refractivity contribution < 1.29 is 23.1 Å². The number of sulfone groups is 1. The van der Waals surface area contributed by atoms with E-state index >= 15 is 0 Å². The monoisotopic (exact) mass is 318 g/mol. The number of carbonyl (C=O) groups excluding carboxylic acids is 1. The number of nitrogens with one attached hydrogen (secondary N) is 2. The van der Waals surface area contributed by atoms with Crippen molar-refractivity contribution in [2.45, 2.75) is 49.8 Å². The second-order valence-corrected chi connectivity index (χ2v) is 8.22. The molecule has 0 aromatic rings. The van der Waals surface area contributed by atoms with E-state index in [0.717, 1.165) is 12.8 Å². The zero-order chi connectivity index (χ0) is 15.5. The first-order valence-electron chi connectivity index (χ1n) is 7.39. The number of urea groups is 1. The predicted octanol–water partition coefficient (Wildman–Crippen LogP) is 0.506. The van der Waals surface area contributed by atoms with Gasteiger partial charge in [0, 0.05) is 12.6 Å². The van der Waals surface area contributed by atoms with Gasteiger partial charge in [0.1, 0.15) is 0 Å². The van der Waals surface area contributed by atoms with E-state index in [1.54, 1.807) is 0 Å². The van der Waals surface area contributed by atoms with Crippen LogP contribution >= 0.6 is 0 Å². The van der Waals surface area contributed by atoms with Gasteiger partial charge in [-0.1, -0.05) is 12.8 Å². The van der Waals surface area contributed by atoms with Gasteiger partial charge in [-0.25, -0.2) is 13.2 Å². The molecule has 0 bridgehead atoms. The Morgan fingerprint density at radius 3 is 2.43 bits per heavy atom. The summed E-state index contributed by atoms with van der Waals surface area (Å²) >= 11 is 0. The number of aliphatic carboxylic acids is 1. The highest BCUT2D eigenvalue weighted by Crippen LogP contribution is 2.24. The van der Waals surface area contributed by atoms with Crippen LogP contribution in [-0.4, -0.2) is 49.1 Å². The lowest BCUT2D eigenvalue weighted by atomic mass is 9.84. The van der Waals surface area contributed by atoms with Gasteiger partial charge in [-0.3, -0.25) is 4.79 Å². The summed E-state index contributed by atoms with van der Waals surface area (Å²) in [5.74, 6) is -1.26. The van der Waals surface area contributed by atoms with Gasteiger partial charge < -0.3 is 15.7 Å². The molecule has 21 heavy (non-hydrogen) atoms. The second kappa shape index (κ2) is 6.64. The lowest BCUT2D eigenvalue weighted by molar-refractivity contribution is -0.143. The van der Waals surface area contributed by atoms with E-state index in [1.807, 2.05) is 0 Å². The van der Waals surface area contributed by atoms with Crippen molar-refractivity contribution in [2.75, 3.05) is 12.3 Å². The van der Waals surface area contributed by atoms with Gasteiger partial charge in [-0.15, -0.1) is 0 Å². The van der Waals surface area contributed by atoms with E-state index in [4.69, 9.17) is 5.11 Å². The van der Waals surface area contributed by atoms with E-state index in [0.29, 0.717) is 25.7 Å². The SMILES string of the molecule is O=C(NCC1CCCS1(=O)=O)NC1CCCCC1C(=O)O. The first-order chi connectivity index (χ1) is 9.90. The second-order valence-electron chi connectivity index (χ2n) is 5.82. The standard InChI is InChI=1S/C13H22N2O5S/c16-12(17)10-5-1-2-6-11(10)15-13(18)14-8-9-4-3-7-21(9,19)20/h9-11H,1-8H2,(H,16,17)(H2,14,15,18). The number of carboxylic acids is 1. The first kappa shape index (κ1) is 16.1. The summed E-state index contributed by atoms with van der Waals surface area (Å²) in [6, 6.07) is -0.855. The fraction of sp³-hybridized carbons (Fsp3) is 0.846. The molecule has 0 aromatic heterocycles. The number of hydrogen-bond acceptors (Lipinski definition) is 4. The van der Waals surface area contributed by atoms with Crippen LogP contribution in [0.1, 0.15) is 38.5 Å². The third-order valence-electron chi connectivity index (χ3n) is 4.35. The molecule has 7 nitrogen and oxygen atoms in total. The number of carbonyl (C=O) groups is 2. The Kier molecular flexibility index (Phi) is 5.08. The quantitative estimate of drug-likeness (QED) is 0.699. The molecule has 0 aromatic carbocycles. The molecule has 1 saturated heterocycles. The molecule has 0 spiro atoms. The molecular weight excluding hydrogens is 296 g/mol. The van der Waals surface area contributed by atoms with Crippen LogP contribution in [-0.2, 0) is 14.6 Å². The molecule has 3 unspecified atom stereocenters. The molecule has 8 heteroatoms. The third-order valence-corrected chi connectivity index (χ3v) is 6.63. The van der Waals surface area contributed by atoms with E-state index in [2.05, 4.69) is 10.6 Å². The average Bonchev–Trinajstić information content (AvgIpc) is 2.75. The lowest BCUT2D eigenvalue weighted by Crippen LogP contribution is -2.50. The van der Waals surface area contributed by atoms with Gasteiger partial charge in [0.25, 0.3) is 0 Å². The van der Waals surface area contributed by atoms with Crippen LogP contribution in [0.15, 0.2) is 0 Å². The first-order valence-corrected chi connectivity index (χ1v) is 9.10. The Hall–Kier alpha value is -1.31. The van der Waals surface area contributed by atoms with Crippen molar-refractivity contribution >= 4 is 21.8 Å². The molecule has 2 aliphatic rings. The molecule has 2 fully saturated rings. The maximum atomic E-state index is 11.8. The number of rotatable bonds is 4.